The minimum absolute atomic E-state index is 0.0230. The molecule has 3 rings (SSSR count). The molecule has 3 aromatic rings. The molecular formula is C17H15Cl2NO. The second-order valence-electron chi connectivity index (χ2n) is 4.93. The number of furan rings is 1. The van der Waals surface area contributed by atoms with E-state index < -0.39 is 0 Å². The summed E-state index contributed by atoms with van der Waals surface area (Å²) in [5.41, 5.74) is 1.82. The Morgan fingerprint density at radius 1 is 1.05 bits per heavy atom. The van der Waals surface area contributed by atoms with Crippen molar-refractivity contribution in [2.45, 2.75) is 12.5 Å². The van der Waals surface area contributed by atoms with Crippen molar-refractivity contribution in [3.8, 4) is 0 Å². The molecule has 0 saturated heterocycles. The van der Waals surface area contributed by atoms with Crippen LogP contribution in [0.2, 0.25) is 10.0 Å². The molecule has 4 heteroatoms. The lowest BCUT2D eigenvalue weighted by atomic mass is 10.0. The SMILES string of the molecule is CNC(Cc1c(Cl)cccc1Cl)c1cc2ccccc2o1. The van der Waals surface area contributed by atoms with Crippen LogP contribution in [0.3, 0.4) is 0 Å². The monoisotopic (exact) mass is 319 g/mol. The molecule has 0 spiro atoms. The molecule has 0 bridgehead atoms. The fourth-order valence-electron chi connectivity index (χ4n) is 2.45. The summed E-state index contributed by atoms with van der Waals surface area (Å²) >= 11 is 12.5. The van der Waals surface area contributed by atoms with E-state index in [1.54, 1.807) is 0 Å². The van der Waals surface area contributed by atoms with E-state index in [4.69, 9.17) is 27.6 Å². The van der Waals surface area contributed by atoms with E-state index >= 15 is 0 Å². The molecule has 0 saturated carbocycles. The van der Waals surface area contributed by atoms with E-state index in [1.807, 2.05) is 49.5 Å². The van der Waals surface area contributed by atoms with Gasteiger partial charge >= 0.3 is 0 Å². The van der Waals surface area contributed by atoms with Crippen molar-refractivity contribution in [3.05, 3.63) is 69.9 Å². The van der Waals surface area contributed by atoms with Gasteiger partial charge in [-0.2, -0.15) is 0 Å². The van der Waals surface area contributed by atoms with Crippen LogP contribution in [0.25, 0.3) is 11.0 Å². The van der Waals surface area contributed by atoms with Gasteiger partial charge in [0, 0.05) is 15.4 Å². The van der Waals surface area contributed by atoms with Gasteiger partial charge in [-0.3, -0.25) is 0 Å². The third-order valence-electron chi connectivity index (χ3n) is 3.61. The Kier molecular flexibility index (Phi) is 4.20. The van der Waals surface area contributed by atoms with Crippen molar-refractivity contribution in [2.75, 3.05) is 7.05 Å². The number of hydrogen-bond donors (Lipinski definition) is 1. The van der Waals surface area contributed by atoms with Crippen molar-refractivity contribution in [3.63, 3.8) is 0 Å². The second-order valence-corrected chi connectivity index (χ2v) is 5.75. The van der Waals surface area contributed by atoms with Crippen LogP contribution in [0, 0.1) is 0 Å². The number of hydrogen-bond acceptors (Lipinski definition) is 2. The highest BCUT2D eigenvalue weighted by Gasteiger charge is 2.18. The van der Waals surface area contributed by atoms with E-state index in [-0.39, 0.29) is 6.04 Å². The maximum Gasteiger partial charge on any atom is 0.134 e. The van der Waals surface area contributed by atoms with Gasteiger partial charge in [0.15, 0.2) is 0 Å². The first kappa shape index (κ1) is 14.5. The smallest absolute Gasteiger partial charge is 0.134 e. The van der Waals surface area contributed by atoms with Crippen LogP contribution in [-0.2, 0) is 6.42 Å². The summed E-state index contributed by atoms with van der Waals surface area (Å²) in [6, 6.07) is 15.6. The van der Waals surface area contributed by atoms with Gasteiger partial charge in [-0.1, -0.05) is 47.5 Å². The van der Waals surface area contributed by atoms with Gasteiger partial charge in [-0.25, -0.2) is 0 Å². The number of fused-ring (bicyclic) bond motifs is 1. The van der Waals surface area contributed by atoms with Gasteiger partial charge in [-0.05, 0) is 43.3 Å². The Hall–Kier alpha value is -1.48. The van der Waals surface area contributed by atoms with Crippen LogP contribution in [0.1, 0.15) is 17.4 Å². The summed E-state index contributed by atoms with van der Waals surface area (Å²) in [6.45, 7) is 0. The predicted molar refractivity (Wildman–Crippen MR) is 88.2 cm³/mol. The van der Waals surface area contributed by atoms with Crippen LogP contribution in [0.15, 0.2) is 52.9 Å². The number of nitrogens with one attached hydrogen (secondary N) is 1. The highest BCUT2D eigenvalue weighted by atomic mass is 35.5. The molecule has 1 aromatic heterocycles. The second kappa shape index (κ2) is 6.10. The minimum Gasteiger partial charge on any atom is -0.459 e. The highest BCUT2D eigenvalue weighted by molar-refractivity contribution is 6.36. The normalized spacial score (nSPS) is 12.7. The van der Waals surface area contributed by atoms with E-state index in [9.17, 15) is 0 Å². The molecule has 0 radical (unpaired) electrons. The standard InChI is InChI=1S/C17H15Cl2NO/c1-20-15(10-12-13(18)6-4-7-14(12)19)17-9-11-5-2-3-8-16(11)21-17/h2-9,15,20H,10H2,1H3. The van der Waals surface area contributed by atoms with Crippen LogP contribution < -0.4 is 5.32 Å². The van der Waals surface area contributed by atoms with E-state index in [0.717, 1.165) is 22.3 Å². The molecule has 0 amide bonds. The Morgan fingerprint density at radius 3 is 2.43 bits per heavy atom. The van der Waals surface area contributed by atoms with E-state index in [1.165, 1.54) is 0 Å². The fraction of sp³-hybridized carbons (Fsp3) is 0.176. The molecule has 1 unspecified atom stereocenters. The van der Waals surface area contributed by atoms with Gasteiger partial charge in [0.25, 0.3) is 0 Å². The third-order valence-corrected chi connectivity index (χ3v) is 4.31. The zero-order chi connectivity index (χ0) is 14.8. The van der Waals surface area contributed by atoms with Crippen LogP contribution in [0.4, 0.5) is 0 Å². The number of rotatable bonds is 4. The Balaban J connectivity index is 1.95. The van der Waals surface area contributed by atoms with Crippen molar-refractivity contribution < 1.29 is 4.42 Å². The molecule has 0 aliphatic heterocycles. The predicted octanol–water partition coefficient (Wildman–Crippen LogP) is 5.24. The first-order chi connectivity index (χ1) is 10.2. The Morgan fingerprint density at radius 2 is 1.76 bits per heavy atom. The van der Waals surface area contributed by atoms with Gasteiger partial charge in [0.05, 0.1) is 6.04 Å². The first-order valence-electron chi connectivity index (χ1n) is 6.77. The van der Waals surface area contributed by atoms with Crippen molar-refractivity contribution in [2.24, 2.45) is 0 Å². The fourth-order valence-corrected chi connectivity index (χ4v) is 3.00. The van der Waals surface area contributed by atoms with Crippen molar-refractivity contribution in [1.82, 2.24) is 5.32 Å². The zero-order valence-electron chi connectivity index (χ0n) is 11.6. The quantitative estimate of drug-likeness (QED) is 0.711. The average molecular weight is 320 g/mol. The largest absolute Gasteiger partial charge is 0.459 e. The van der Waals surface area contributed by atoms with Gasteiger partial charge < -0.3 is 9.73 Å². The summed E-state index contributed by atoms with van der Waals surface area (Å²) in [7, 11) is 1.91. The maximum absolute atomic E-state index is 6.25. The molecule has 2 nitrogen and oxygen atoms in total. The summed E-state index contributed by atoms with van der Waals surface area (Å²) in [5, 5.41) is 5.73. The van der Waals surface area contributed by atoms with Crippen molar-refractivity contribution in [1.29, 1.82) is 0 Å². The molecule has 21 heavy (non-hydrogen) atoms. The lowest BCUT2D eigenvalue weighted by Gasteiger charge is -2.15. The topological polar surface area (TPSA) is 25.2 Å². The molecule has 1 atom stereocenters. The van der Waals surface area contributed by atoms with Crippen LogP contribution in [-0.4, -0.2) is 7.05 Å². The highest BCUT2D eigenvalue weighted by Crippen LogP contribution is 2.31. The zero-order valence-corrected chi connectivity index (χ0v) is 13.1. The Bertz CT molecular complexity index is 713. The number of halogens is 2. The minimum atomic E-state index is 0.0230. The van der Waals surface area contributed by atoms with Gasteiger partial charge in [0.2, 0.25) is 0 Å². The summed E-state index contributed by atoms with van der Waals surface area (Å²) < 4.78 is 5.92. The first-order valence-corrected chi connectivity index (χ1v) is 7.53. The summed E-state index contributed by atoms with van der Waals surface area (Å²) in [6.07, 6.45) is 0.675. The third kappa shape index (κ3) is 2.93. The summed E-state index contributed by atoms with van der Waals surface area (Å²) in [5.74, 6) is 0.884. The lowest BCUT2D eigenvalue weighted by Crippen LogP contribution is -2.18. The van der Waals surface area contributed by atoms with Gasteiger partial charge in [0.1, 0.15) is 11.3 Å². The molecule has 1 N–H and O–H groups in total. The lowest BCUT2D eigenvalue weighted by molar-refractivity contribution is 0.451. The molecule has 108 valence electrons. The molecule has 0 aliphatic carbocycles. The molecular weight excluding hydrogens is 305 g/mol. The number of benzene rings is 2. The molecule has 0 aliphatic rings. The van der Waals surface area contributed by atoms with Gasteiger partial charge in [-0.15, -0.1) is 0 Å². The Labute approximate surface area is 133 Å². The number of para-hydroxylation sites is 1. The van der Waals surface area contributed by atoms with Crippen LogP contribution in [0.5, 0.6) is 0 Å². The molecule has 0 fully saturated rings. The molecule has 2 aromatic carbocycles. The van der Waals surface area contributed by atoms with Crippen LogP contribution >= 0.6 is 23.2 Å². The summed E-state index contributed by atoms with van der Waals surface area (Å²) in [4.78, 5) is 0. The van der Waals surface area contributed by atoms with E-state index in [0.29, 0.717) is 16.5 Å². The molecule has 1 heterocycles. The average Bonchev–Trinajstić information content (AvgIpc) is 2.90. The maximum atomic E-state index is 6.25. The van der Waals surface area contributed by atoms with Crippen molar-refractivity contribution >= 4 is 34.2 Å². The van der Waals surface area contributed by atoms with E-state index in [2.05, 4.69) is 11.4 Å². The number of likely N-dealkylation sites (N-methyl/N-ethyl adjacent to an activating group) is 1.